The lowest BCUT2D eigenvalue weighted by Crippen LogP contribution is -2.32. The Kier molecular flexibility index (Phi) is 4.60. The van der Waals surface area contributed by atoms with Crippen molar-refractivity contribution in [1.29, 1.82) is 5.26 Å². The maximum absolute atomic E-state index is 12.3. The molecule has 0 N–H and O–H groups in total. The quantitative estimate of drug-likeness (QED) is 0.752. The predicted molar refractivity (Wildman–Crippen MR) is 52.5 cm³/mol. The molecule has 2 nitrogen and oxygen atoms in total. The molecule has 1 aliphatic carbocycles. The molecule has 0 aliphatic heterocycles. The summed E-state index contributed by atoms with van der Waals surface area (Å²) in [5.74, 6) is -1.71. The number of halogens is 3. The van der Waals surface area contributed by atoms with Crippen LogP contribution in [-0.4, -0.2) is 18.9 Å². The minimum Gasteiger partial charge on any atom is -0.376 e. The zero-order valence-corrected chi connectivity index (χ0v) is 9.26. The van der Waals surface area contributed by atoms with Gasteiger partial charge in [0.15, 0.2) is 5.92 Å². The number of nitrogens with zero attached hydrogens (tertiary/aromatic N) is 1. The molecule has 0 saturated heterocycles. The number of nitriles is 1. The SMILES string of the molecule is CC1CCCCC1OCC(C#N)C(F)(F)F. The molecule has 0 spiro atoms. The molecule has 1 fully saturated rings. The maximum Gasteiger partial charge on any atom is 0.406 e. The third kappa shape index (κ3) is 3.67. The Hall–Kier alpha value is -0.760. The standard InChI is InChI=1S/C11H16F3NO/c1-8-4-2-3-5-10(8)16-7-9(6-15)11(12,13)14/h8-10H,2-5,7H2,1H3. The molecule has 0 radical (unpaired) electrons. The summed E-state index contributed by atoms with van der Waals surface area (Å²) in [5, 5.41) is 8.41. The summed E-state index contributed by atoms with van der Waals surface area (Å²) < 4.78 is 42.0. The Labute approximate surface area is 93.4 Å². The van der Waals surface area contributed by atoms with E-state index >= 15 is 0 Å². The van der Waals surface area contributed by atoms with E-state index < -0.39 is 18.7 Å². The van der Waals surface area contributed by atoms with Gasteiger partial charge in [-0.15, -0.1) is 0 Å². The van der Waals surface area contributed by atoms with E-state index in [1.54, 1.807) is 0 Å². The largest absolute Gasteiger partial charge is 0.406 e. The van der Waals surface area contributed by atoms with E-state index in [1.807, 2.05) is 6.92 Å². The van der Waals surface area contributed by atoms with Gasteiger partial charge in [-0.3, -0.25) is 0 Å². The van der Waals surface area contributed by atoms with Crippen LogP contribution >= 0.6 is 0 Å². The molecule has 16 heavy (non-hydrogen) atoms. The van der Waals surface area contributed by atoms with Crippen molar-refractivity contribution >= 4 is 0 Å². The van der Waals surface area contributed by atoms with Crippen molar-refractivity contribution in [1.82, 2.24) is 0 Å². The van der Waals surface area contributed by atoms with Gasteiger partial charge in [0, 0.05) is 0 Å². The van der Waals surface area contributed by atoms with Gasteiger partial charge < -0.3 is 4.74 Å². The monoisotopic (exact) mass is 235 g/mol. The lowest BCUT2D eigenvalue weighted by Gasteiger charge is -2.29. The van der Waals surface area contributed by atoms with Crippen molar-refractivity contribution in [2.75, 3.05) is 6.61 Å². The minimum absolute atomic E-state index is 0.119. The van der Waals surface area contributed by atoms with Crippen LogP contribution in [0, 0.1) is 23.2 Å². The van der Waals surface area contributed by atoms with Crippen molar-refractivity contribution in [2.45, 2.75) is 44.9 Å². The number of hydrogen-bond donors (Lipinski definition) is 0. The molecular formula is C11H16F3NO. The van der Waals surface area contributed by atoms with Gasteiger partial charge in [0.25, 0.3) is 0 Å². The fourth-order valence-corrected chi connectivity index (χ4v) is 1.95. The Balaban J connectivity index is 2.40. The summed E-state index contributed by atoms with van der Waals surface area (Å²) in [6.07, 6.45) is -0.690. The molecule has 0 heterocycles. The summed E-state index contributed by atoms with van der Waals surface area (Å²) in [6.45, 7) is 1.45. The Bertz CT molecular complexity index is 259. The number of hydrogen-bond acceptors (Lipinski definition) is 2. The molecule has 1 aliphatic rings. The van der Waals surface area contributed by atoms with E-state index in [-0.39, 0.29) is 6.10 Å². The van der Waals surface area contributed by atoms with Gasteiger partial charge in [0.2, 0.25) is 0 Å². The van der Waals surface area contributed by atoms with Gasteiger partial charge in [-0.25, -0.2) is 0 Å². The topological polar surface area (TPSA) is 33.0 Å². The van der Waals surface area contributed by atoms with Crippen LogP contribution < -0.4 is 0 Å². The average molecular weight is 235 g/mol. The highest BCUT2D eigenvalue weighted by Crippen LogP contribution is 2.30. The van der Waals surface area contributed by atoms with Gasteiger partial charge in [-0.1, -0.05) is 19.8 Å². The lowest BCUT2D eigenvalue weighted by atomic mass is 9.88. The highest BCUT2D eigenvalue weighted by Gasteiger charge is 2.40. The molecule has 0 aromatic rings. The van der Waals surface area contributed by atoms with Crippen LogP contribution in [0.3, 0.4) is 0 Å². The first-order chi connectivity index (χ1) is 7.45. The molecule has 92 valence electrons. The maximum atomic E-state index is 12.3. The molecular weight excluding hydrogens is 219 g/mol. The van der Waals surface area contributed by atoms with Crippen molar-refractivity contribution in [3.63, 3.8) is 0 Å². The van der Waals surface area contributed by atoms with Crippen LogP contribution in [0.4, 0.5) is 13.2 Å². The Morgan fingerprint density at radius 2 is 2.00 bits per heavy atom. The summed E-state index contributed by atoms with van der Waals surface area (Å²) in [6, 6.07) is 1.25. The van der Waals surface area contributed by atoms with Gasteiger partial charge >= 0.3 is 6.18 Å². The van der Waals surface area contributed by atoms with E-state index in [9.17, 15) is 13.2 Å². The smallest absolute Gasteiger partial charge is 0.376 e. The molecule has 0 bridgehead atoms. The molecule has 0 amide bonds. The summed E-state index contributed by atoms with van der Waals surface area (Å²) in [5.41, 5.74) is 0. The summed E-state index contributed by atoms with van der Waals surface area (Å²) in [7, 11) is 0. The number of ether oxygens (including phenoxy) is 1. The van der Waals surface area contributed by atoms with E-state index in [4.69, 9.17) is 10.00 Å². The predicted octanol–water partition coefficient (Wildman–Crippen LogP) is 3.28. The van der Waals surface area contributed by atoms with Gasteiger partial charge in [-0.2, -0.15) is 18.4 Å². The fraction of sp³-hybridized carbons (Fsp3) is 0.909. The molecule has 0 aromatic carbocycles. The van der Waals surface area contributed by atoms with Gasteiger partial charge in [0.05, 0.1) is 18.8 Å². The minimum atomic E-state index is -4.48. The molecule has 0 aromatic heterocycles. The van der Waals surface area contributed by atoms with E-state index in [1.165, 1.54) is 6.07 Å². The third-order valence-electron chi connectivity index (χ3n) is 3.06. The Morgan fingerprint density at radius 1 is 1.38 bits per heavy atom. The molecule has 3 unspecified atom stereocenters. The highest BCUT2D eigenvalue weighted by atomic mass is 19.4. The van der Waals surface area contributed by atoms with Crippen LogP contribution in [0.2, 0.25) is 0 Å². The van der Waals surface area contributed by atoms with Crippen LogP contribution in [-0.2, 0) is 4.74 Å². The average Bonchev–Trinajstić information content (AvgIpc) is 2.19. The molecule has 3 atom stereocenters. The first kappa shape index (κ1) is 13.3. The number of rotatable bonds is 3. The van der Waals surface area contributed by atoms with E-state index in [2.05, 4.69) is 0 Å². The molecule has 1 saturated carbocycles. The van der Waals surface area contributed by atoms with Crippen LogP contribution in [0.5, 0.6) is 0 Å². The van der Waals surface area contributed by atoms with Crippen molar-refractivity contribution in [3.05, 3.63) is 0 Å². The van der Waals surface area contributed by atoms with Crippen LogP contribution in [0.15, 0.2) is 0 Å². The summed E-state index contributed by atoms with van der Waals surface area (Å²) in [4.78, 5) is 0. The first-order valence-corrected chi connectivity index (χ1v) is 5.53. The number of alkyl halides is 3. The molecule has 5 heteroatoms. The van der Waals surface area contributed by atoms with Gasteiger partial charge in [0.1, 0.15) is 0 Å². The molecule has 1 rings (SSSR count). The van der Waals surface area contributed by atoms with Gasteiger partial charge in [-0.05, 0) is 18.8 Å². The van der Waals surface area contributed by atoms with Crippen molar-refractivity contribution < 1.29 is 17.9 Å². The van der Waals surface area contributed by atoms with Crippen molar-refractivity contribution in [3.8, 4) is 6.07 Å². The van der Waals surface area contributed by atoms with Crippen molar-refractivity contribution in [2.24, 2.45) is 11.8 Å². The zero-order valence-electron chi connectivity index (χ0n) is 9.26. The lowest BCUT2D eigenvalue weighted by molar-refractivity contribution is -0.178. The van der Waals surface area contributed by atoms with Crippen LogP contribution in [0.25, 0.3) is 0 Å². The highest BCUT2D eigenvalue weighted by molar-refractivity contribution is 4.88. The second-order valence-corrected chi connectivity index (χ2v) is 4.36. The first-order valence-electron chi connectivity index (χ1n) is 5.53. The fourth-order valence-electron chi connectivity index (χ4n) is 1.95. The second-order valence-electron chi connectivity index (χ2n) is 4.36. The van der Waals surface area contributed by atoms with E-state index in [0.717, 1.165) is 25.7 Å². The van der Waals surface area contributed by atoms with Crippen LogP contribution in [0.1, 0.15) is 32.6 Å². The normalized spacial score (nSPS) is 28.4. The Morgan fingerprint density at radius 3 is 2.50 bits per heavy atom. The zero-order chi connectivity index (χ0) is 12.2. The summed E-state index contributed by atoms with van der Waals surface area (Å²) >= 11 is 0. The third-order valence-corrected chi connectivity index (χ3v) is 3.06. The second kappa shape index (κ2) is 5.53. The van der Waals surface area contributed by atoms with E-state index in [0.29, 0.717) is 5.92 Å².